The molecule has 0 heterocycles. The van der Waals surface area contributed by atoms with Crippen LogP contribution in [0.15, 0.2) is 42.5 Å². The maximum Gasteiger partial charge on any atom is 0.234 e. The molecule has 0 saturated carbocycles. The van der Waals surface area contributed by atoms with Gasteiger partial charge in [-0.15, -0.1) is 0 Å². The molecule has 2 aromatic rings. The van der Waals surface area contributed by atoms with E-state index in [1.54, 1.807) is 12.1 Å². The number of aryl methyl sites for hydroxylation is 1. The molecule has 0 aliphatic rings. The molecule has 0 fully saturated rings. The molecular formula is C16H16Cl2N2O2. The first-order chi connectivity index (χ1) is 10.6. The number of hydrazine groups is 1. The quantitative estimate of drug-likeness (QED) is 0.481. The van der Waals surface area contributed by atoms with Crippen molar-refractivity contribution in [2.45, 2.75) is 19.4 Å². The Bertz CT molecular complexity index is 645. The fourth-order valence-electron chi connectivity index (χ4n) is 1.88. The molecular weight excluding hydrogens is 323 g/mol. The summed E-state index contributed by atoms with van der Waals surface area (Å²) in [5.41, 5.74) is 4.10. The summed E-state index contributed by atoms with van der Waals surface area (Å²) in [4.78, 5) is 11.1. The lowest BCUT2D eigenvalue weighted by Gasteiger charge is -2.08. The standard InChI is InChI=1S/C16H16Cl2N2O2/c17-14-7-3-12(9-15(14)18)10-22-13-5-1-11(2-6-13)4-8-16(21)20-19/h1-3,5-7,9H,4,8,10,19H2,(H,20,21). The Hall–Kier alpha value is -1.75. The molecule has 0 aromatic heterocycles. The van der Waals surface area contributed by atoms with Gasteiger partial charge in [0.1, 0.15) is 12.4 Å². The maximum absolute atomic E-state index is 11.1. The Morgan fingerprint density at radius 2 is 1.73 bits per heavy atom. The number of nitrogens with one attached hydrogen (secondary N) is 1. The number of hydrogen-bond donors (Lipinski definition) is 2. The average molecular weight is 339 g/mol. The van der Waals surface area contributed by atoms with Gasteiger partial charge in [0.15, 0.2) is 0 Å². The minimum Gasteiger partial charge on any atom is -0.489 e. The van der Waals surface area contributed by atoms with Crippen molar-refractivity contribution in [2.75, 3.05) is 0 Å². The first kappa shape index (κ1) is 16.6. The van der Waals surface area contributed by atoms with Crippen LogP contribution in [0, 0.1) is 0 Å². The van der Waals surface area contributed by atoms with Gasteiger partial charge in [0.05, 0.1) is 10.0 Å². The van der Waals surface area contributed by atoms with Crippen molar-refractivity contribution < 1.29 is 9.53 Å². The van der Waals surface area contributed by atoms with Gasteiger partial charge in [-0.2, -0.15) is 0 Å². The molecule has 0 unspecified atom stereocenters. The second kappa shape index (κ2) is 8.03. The van der Waals surface area contributed by atoms with Gasteiger partial charge >= 0.3 is 0 Å². The van der Waals surface area contributed by atoms with E-state index in [4.69, 9.17) is 33.8 Å². The van der Waals surface area contributed by atoms with E-state index >= 15 is 0 Å². The van der Waals surface area contributed by atoms with Crippen LogP contribution in [0.4, 0.5) is 0 Å². The van der Waals surface area contributed by atoms with Crippen molar-refractivity contribution in [3.8, 4) is 5.75 Å². The first-order valence-electron chi connectivity index (χ1n) is 6.73. The SMILES string of the molecule is NNC(=O)CCc1ccc(OCc2ccc(Cl)c(Cl)c2)cc1. The third-order valence-electron chi connectivity index (χ3n) is 3.11. The predicted octanol–water partition coefficient (Wildman–Crippen LogP) is 3.49. The van der Waals surface area contributed by atoms with E-state index in [1.165, 1.54) is 0 Å². The van der Waals surface area contributed by atoms with Gasteiger partial charge in [0, 0.05) is 6.42 Å². The van der Waals surface area contributed by atoms with Crippen molar-refractivity contribution >= 4 is 29.1 Å². The number of amides is 1. The Labute approximate surface area is 139 Å². The topological polar surface area (TPSA) is 64.3 Å². The molecule has 2 rings (SSSR count). The lowest BCUT2D eigenvalue weighted by molar-refractivity contribution is -0.121. The second-order valence-electron chi connectivity index (χ2n) is 4.75. The number of benzene rings is 2. The highest BCUT2D eigenvalue weighted by Gasteiger charge is 2.02. The maximum atomic E-state index is 11.1. The fraction of sp³-hybridized carbons (Fsp3) is 0.188. The van der Waals surface area contributed by atoms with Gasteiger partial charge in [0.25, 0.3) is 0 Å². The van der Waals surface area contributed by atoms with E-state index in [2.05, 4.69) is 5.43 Å². The molecule has 0 bridgehead atoms. The molecule has 22 heavy (non-hydrogen) atoms. The molecule has 0 radical (unpaired) electrons. The van der Waals surface area contributed by atoms with E-state index in [-0.39, 0.29) is 5.91 Å². The fourth-order valence-corrected chi connectivity index (χ4v) is 2.20. The minimum atomic E-state index is -0.181. The van der Waals surface area contributed by atoms with E-state index in [9.17, 15) is 4.79 Å². The molecule has 0 aliphatic carbocycles. The summed E-state index contributed by atoms with van der Waals surface area (Å²) in [5.74, 6) is 5.61. The van der Waals surface area contributed by atoms with E-state index in [0.717, 1.165) is 16.9 Å². The summed E-state index contributed by atoms with van der Waals surface area (Å²) in [6, 6.07) is 13.0. The zero-order valence-electron chi connectivity index (χ0n) is 11.8. The summed E-state index contributed by atoms with van der Waals surface area (Å²) < 4.78 is 5.69. The van der Waals surface area contributed by atoms with Crippen molar-refractivity contribution in [1.29, 1.82) is 0 Å². The van der Waals surface area contributed by atoms with Crippen LogP contribution in [0.2, 0.25) is 10.0 Å². The van der Waals surface area contributed by atoms with Crippen molar-refractivity contribution in [3.63, 3.8) is 0 Å². The molecule has 1 amide bonds. The third-order valence-corrected chi connectivity index (χ3v) is 3.85. The van der Waals surface area contributed by atoms with Crippen LogP contribution in [-0.4, -0.2) is 5.91 Å². The number of rotatable bonds is 6. The number of hydrogen-bond acceptors (Lipinski definition) is 3. The van der Waals surface area contributed by atoms with Gasteiger partial charge in [-0.3, -0.25) is 10.2 Å². The Kier molecular flexibility index (Phi) is 6.07. The van der Waals surface area contributed by atoms with Crippen LogP contribution < -0.4 is 16.0 Å². The lowest BCUT2D eigenvalue weighted by Crippen LogP contribution is -2.30. The summed E-state index contributed by atoms with van der Waals surface area (Å²) in [6.45, 7) is 0.409. The number of ether oxygens (including phenoxy) is 1. The predicted molar refractivity (Wildman–Crippen MR) is 87.9 cm³/mol. The molecule has 0 atom stereocenters. The van der Waals surface area contributed by atoms with Crippen LogP contribution in [0.5, 0.6) is 5.75 Å². The van der Waals surface area contributed by atoms with Crippen LogP contribution in [-0.2, 0) is 17.8 Å². The molecule has 3 N–H and O–H groups in total. The Balaban J connectivity index is 1.88. The van der Waals surface area contributed by atoms with Crippen molar-refractivity contribution in [1.82, 2.24) is 5.43 Å². The largest absolute Gasteiger partial charge is 0.489 e. The Morgan fingerprint density at radius 3 is 2.36 bits per heavy atom. The summed E-state index contributed by atoms with van der Waals surface area (Å²) in [6.07, 6.45) is 0.996. The molecule has 0 saturated heterocycles. The molecule has 0 aliphatic heterocycles. The monoisotopic (exact) mass is 338 g/mol. The average Bonchev–Trinajstić information content (AvgIpc) is 2.54. The lowest BCUT2D eigenvalue weighted by atomic mass is 10.1. The smallest absolute Gasteiger partial charge is 0.234 e. The second-order valence-corrected chi connectivity index (χ2v) is 5.56. The minimum absolute atomic E-state index is 0.181. The van der Waals surface area contributed by atoms with E-state index in [1.807, 2.05) is 30.3 Å². The highest BCUT2D eigenvalue weighted by atomic mass is 35.5. The van der Waals surface area contributed by atoms with Gasteiger partial charge in [-0.1, -0.05) is 41.4 Å². The van der Waals surface area contributed by atoms with Crippen molar-refractivity contribution in [2.24, 2.45) is 5.84 Å². The Morgan fingerprint density at radius 1 is 1.05 bits per heavy atom. The van der Waals surface area contributed by atoms with Gasteiger partial charge in [-0.05, 0) is 41.8 Å². The number of carbonyl (C=O) groups excluding carboxylic acids is 1. The van der Waals surface area contributed by atoms with Crippen LogP contribution in [0.25, 0.3) is 0 Å². The normalized spacial score (nSPS) is 10.3. The molecule has 2 aromatic carbocycles. The van der Waals surface area contributed by atoms with Crippen LogP contribution in [0.3, 0.4) is 0 Å². The van der Waals surface area contributed by atoms with Gasteiger partial charge in [-0.25, -0.2) is 5.84 Å². The molecule has 116 valence electrons. The summed E-state index contributed by atoms with van der Waals surface area (Å²) in [7, 11) is 0. The highest BCUT2D eigenvalue weighted by Crippen LogP contribution is 2.23. The summed E-state index contributed by atoms with van der Waals surface area (Å²) >= 11 is 11.8. The van der Waals surface area contributed by atoms with Crippen LogP contribution >= 0.6 is 23.2 Å². The molecule has 0 spiro atoms. The van der Waals surface area contributed by atoms with Gasteiger partial charge < -0.3 is 4.74 Å². The number of nitrogens with two attached hydrogens (primary N) is 1. The molecule has 4 nitrogen and oxygen atoms in total. The highest BCUT2D eigenvalue weighted by molar-refractivity contribution is 6.42. The summed E-state index contributed by atoms with van der Waals surface area (Å²) in [5, 5.41) is 1.03. The third kappa shape index (κ3) is 4.91. The van der Waals surface area contributed by atoms with E-state index < -0.39 is 0 Å². The molecule has 6 heteroatoms. The van der Waals surface area contributed by atoms with Crippen molar-refractivity contribution in [3.05, 3.63) is 63.6 Å². The zero-order valence-corrected chi connectivity index (χ0v) is 13.3. The number of carbonyl (C=O) groups is 1. The first-order valence-corrected chi connectivity index (χ1v) is 7.49. The van der Waals surface area contributed by atoms with Crippen LogP contribution in [0.1, 0.15) is 17.5 Å². The van der Waals surface area contributed by atoms with Gasteiger partial charge in [0.2, 0.25) is 5.91 Å². The van der Waals surface area contributed by atoms with E-state index in [0.29, 0.717) is 29.5 Å². The number of halogens is 2. The zero-order chi connectivity index (χ0) is 15.9.